The molecule has 0 saturated heterocycles. The number of rotatable bonds is 4. The van der Waals surface area contributed by atoms with Crippen LogP contribution in [0.5, 0.6) is 6.01 Å². The van der Waals surface area contributed by atoms with Gasteiger partial charge in [-0.3, -0.25) is 4.79 Å². The van der Waals surface area contributed by atoms with Crippen LogP contribution in [0.4, 0.5) is 0 Å². The van der Waals surface area contributed by atoms with Gasteiger partial charge >= 0.3 is 12.0 Å². The molecule has 1 aromatic rings. The minimum Gasteiger partial charge on any atom is -0.390 e. The molecule has 0 aliphatic carbocycles. The summed E-state index contributed by atoms with van der Waals surface area (Å²) in [4.78, 5) is 11.3. The Morgan fingerprint density at radius 3 is 2.60 bits per heavy atom. The molecule has 0 amide bonds. The van der Waals surface area contributed by atoms with Crippen molar-refractivity contribution >= 4 is 5.97 Å². The molecule has 84 valence electrons. The molecule has 6 nitrogen and oxygen atoms in total. The number of ether oxygens (including phenoxy) is 1. The molecule has 0 unspecified atom stereocenters. The molecule has 1 aromatic heterocycles. The van der Waals surface area contributed by atoms with Crippen molar-refractivity contribution in [2.75, 3.05) is 0 Å². The van der Waals surface area contributed by atoms with Crippen molar-refractivity contribution in [2.45, 2.75) is 34.2 Å². The molecule has 0 aliphatic heterocycles. The fraction of sp³-hybridized carbons (Fsp3) is 0.778. The Morgan fingerprint density at radius 1 is 1.40 bits per heavy atom. The largest absolute Gasteiger partial charge is 0.390 e. The Kier molecular flexibility index (Phi) is 3.76. The van der Waals surface area contributed by atoms with Crippen LogP contribution < -0.4 is 4.74 Å². The summed E-state index contributed by atoms with van der Waals surface area (Å²) in [5, 5.41) is 10.9. The van der Waals surface area contributed by atoms with Gasteiger partial charge in [-0.25, -0.2) is 0 Å². The lowest BCUT2D eigenvalue weighted by Crippen LogP contribution is -2.18. The van der Waals surface area contributed by atoms with Crippen molar-refractivity contribution in [3.8, 4) is 6.01 Å². The minimum absolute atomic E-state index is 0.169. The topological polar surface area (TPSA) is 69.9 Å². The lowest BCUT2D eigenvalue weighted by molar-refractivity contribution is -0.138. The molecule has 0 aliphatic rings. The monoisotopic (exact) mass is 212 g/mol. The summed E-state index contributed by atoms with van der Waals surface area (Å²) in [5.41, 5.74) is 0. The summed E-state index contributed by atoms with van der Waals surface area (Å²) in [7, 11) is 0. The van der Waals surface area contributed by atoms with Crippen molar-refractivity contribution in [1.82, 2.24) is 20.2 Å². The lowest BCUT2D eigenvalue weighted by Gasteiger charge is -2.07. The zero-order valence-electron chi connectivity index (χ0n) is 9.47. The average molecular weight is 212 g/mol. The number of nitrogens with zero attached hydrogens (tertiary/aromatic N) is 4. The molecular formula is C9H16N4O2. The SMILES string of the molecule is CC(C)Cn1nnnc1OC(=O)C(C)C. The van der Waals surface area contributed by atoms with E-state index in [9.17, 15) is 4.79 Å². The second-order valence-corrected chi connectivity index (χ2v) is 4.11. The Hall–Kier alpha value is -1.46. The van der Waals surface area contributed by atoms with E-state index < -0.39 is 0 Å². The predicted molar refractivity (Wildman–Crippen MR) is 53.1 cm³/mol. The van der Waals surface area contributed by atoms with Crippen LogP contribution in [0, 0.1) is 11.8 Å². The number of hydrogen-bond acceptors (Lipinski definition) is 5. The van der Waals surface area contributed by atoms with Crippen LogP contribution >= 0.6 is 0 Å². The van der Waals surface area contributed by atoms with Crippen molar-refractivity contribution < 1.29 is 9.53 Å². The van der Waals surface area contributed by atoms with Crippen molar-refractivity contribution in [3.63, 3.8) is 0 Å². The molecular weight excluding hydrogens is 196 g/mol. The Bertz CT molecular complexity index is 333. The van der Waals surface area contributed by atoms with Crippen molar-refractivity contribution in [1.29, 1.82) is 0 Å². The van der Waals surface area contributed by atoms with Gasteiger partial charge in [0.05, 0.1) is 12.5 Å². The normalized spacial score (nSPS) is 11.1. The summed E-state index contributed by atoms with van der Waals surface area (Å²) in [6.07, 6.45) is 0. The highest BCUT2D eigenvalue weighted by molar-refractivity contribution is 5.73. The van der Waals surface area contributed by atoms with Crippen LogP contribution in [-0.4, -0.2) is 26.2 Å². The second kappa shape index (κ2) is 4.86. The van der Waals surface area contributed by atoms with Crippen LogP contribution in [0.2, 0.25) is 0 Å². The van der Waals surface area contributed by atoms with E-state index in [-0.39, 0.29) is 17.9 Å². The lowest BCUT2D eigenvalue weighted by atomic mass is 10.2. The zero-order chi connectivity index (χ0) is 11.4. The van der Waals surface area contributed by atoms with E-state index in [2.05, 4.69) is 15.5 Å². The Morgan fingerprint density at radius 2 is 2.07 bits per heavy atom. The summed E-state index contributed by atoms with van der Waals surface area (Å²) in [6.45, 7) is 8.23. The number of esters is 1. The molecule has 0 aromatic carbocycles. The zero-order valence-corrected chi connectivity index (χ0v) is 9.47. The molecule has 0 radical (unpaired) electrons. The maximum atomic E-state index is 11.3. The molecule has 6 heteroatoms. The quantitative estimate of drug-likeness (QED) is 0.693. The van der Waals surface area contributed by atoms with E-state index in [1.54, 1.807) is 13.8 Å². The van der Waals surface area contributed by atoms with Crippen LogP contribution in [0.15, 0.2) is 0 Å². The van der Waals surface area contributed by atoms with Gasteiger partial charge in [0, 0.05) is 0 Å². The van der Waals surface area contributed by atoms with Gasteiger partial charge in [-0.05, 0) is 16.3 Å². The molecule has 1 heterocycles. The van der Waals surface area contributed by atoms with Crippen molar-refractivity contribution in [2.24, 2.45) is 11.8 Å². The van der Waals surface area contributed by atoms with Gasteiger partial charge in [0.1, 0.15) is 0 Å². The highest BCUT2D eigenvalue weighted by Crippen LogP contribution is 2.08. The number of carbonyl (C=O) groups is 1. The minimum atomic E-state index is -0.324. The van der Waals surface area contributed by atoms with E-state index in [0.29, 0.717) is 12.5 Å². The smallest absolute Gasteiger partial charge is 0.343 e. The van der Waals surface area contributed by atoms with Crippen LogP contribution in [0.25, 0.3) is 0 Å². The predicted octanol–water partition coefficient (Wildman–Crippen LogP) is 0.890. The average Bonchev–Trinajstić information content (AvgIpc) is 2.51. The highest BCUT2D eigenvalue weighted by atomic mass is 16.6. The third-order valence-electron chi connectivity index (χ3n) is 1.70. The maximum Gasteiger partial charge on any atom is 0.343 e. The fourth-order valence-electron chi connectivity index (χ4n) is 0.938. The van der Waals surface area contributed by atoms with Gasteiger partial charge in [0.15, 0.2) is 0 Å². The highest BCUT2D eigenvalue weighted by Gasteiger charge is 2.15. The molecule has 0 spiro atoms. The van der Waals surface area contributed by atoms with Gasteiger partial charge in [-0.2, -0.15) is 4.68 Å². The van der Waals surface area contributed by atoms with Crippen LogP contribution in [0.3, 0.4) is 0 Å². The van der Waals surface area contributed by atoms with Gasteiger partial charge in [-0.1, -0.05) is 32.8 Å². The second-order valence-electron chi connectivity index (χ2n) is 4.11. The maximum absolute atomic E-state index is 11.3. The summed E-state index contributed by atoms with van der Waals surface area (Å²) in [6, 6.07) is 0.169. The standard InChI is InChI=1S/C9H16N4O2/c1-6(2)5-13-9(10-11-12-13)15-8(14)7(3)4/h6-7H,5H2,1-4H3. The molecule has 0 fully saturated rings. The Balaban J connectivity index is 2.69. The third-order valence-corrected chi connectivity index (χ3v) is 1.70. The molecule has 0 N–H and O–H groups in total. The van der Waals surface area contributed by atoms with Gasteiger partial charge in [-0.15, -0.1) is 0 Å². The van der Waals surface area contributed by atoms with E-state index in [1.165, 1.54) is 4.68 Å². The van der Waals surface area contributed by atoms with Gasteiger partial charge < -0.3 is 4.74 Å². The van der Waals surface area contributed by atoms with Crippen LogP contribution in [-0.2, 0) is 11.3 Å². The van der Waals surface area contributed by atoms with Gasteiger partial charge in [0.2, 0.25) is 0 Å². The number of tetrazole rings is 1. The first-order chi connectivity index (χ1) is 7.00. The molecule has 0 atom stereocenters. The number of hydrogen-bond donors (Lipinski definition) is 0. The summed E-state index contributed by atoms with van der Waals surface area (Å²) in [5.74, 6) is -0.117. The fourth-order valence-corrected chi connectivity index (χ4v) is 0.938. The first-order valence-corrected chi connectivity index (χ1v) is 4.98. The third kappa shape index (κ3) is 3.30. The first-order valence-electron chi connectivity index (χ1n) is 4.98. The van der Waals surface area contributed by atoms with E-state index >= 15 is 0 Å². The summed E-state index contributed by atoms with van der Waals surface area (Å²) >= 11 is 0. The Labute approximate surface area is 88.6 Å². The van der Waals surface area contributed by atoms with Crippen molar-refractivity contribution in [3.05, 3.63) is 0 Å². The molecule has 1 rings (SSSR count). The summed E-state index contributed by atoms with van der Waals surface area (Å²) < 4.78 is 6.53. The number of carbonyl (C=O) groups excluding carboxylic acids is 1. The molecule has 0 saturated carbocycles. The van der Waals surface area contributed by atoms with Crippen LogP contribution in [0.1, 0.15) is 27.7 Å². The first kappa shape index (κ1) is 11.6. The van der Waals surface area contributed by atoms with E-state index in [1.807, 2.05) is 13.8 Å². The molecule has 15 heavy (non-hydrogen) atoms. The van der Waals surface area contributed by atoms with E-state index in [4.69, 9.17) is 4.74 Å². The molecule has 0 bridgehead atoms. The number of aromatic nitrogens is 4. The van der Waals surface area contributed by atoms with Gasteiger partial charge in [0.25, 0.3) is 0 Å². The van der Waals surface area contributed by atoms with E-state index in [0.717, 1.165) is 0 Å².